The van der Waals surface area contributed by atoms with Crippen LogP contribution >= 0.6 is 0 Å². The fourth-order valence-corrected chi connectivity index (χ4v) is 2.46. The van der Waals surface area contributed by atoms with Crippen LogP contribution < -0.4 is 16.4 Å². The summed E-state index contributed by atoms with van der Waals surface area (Å²) in [6, 6.07) is 7.46. The van der Waals surface area contributed by atoms with Crippen LogP contribution in [0.15, 0.2) is 24.3 Å². The molecule has 1 aromatic rings. The number of nitrogens with one attached hydrogen (secondary N) is 1. The molecule has 2 atom stereocenters. The van der Waals surface area contributed by atoms with E-state index in [0.717, 1.165) is 0 Å². The predicted molar refractivity (Wildman–Crippen MR) is 87.2 cm³/mol. The van der Waals surface area contributed by atoms with E-state index in [1.807, 2.05) is 5.32 Å². The van der Waals surface area contributed by atoms with Crippen LogP contribution in [0.25, 0.3) is 0 Å². The number of urea groups is 1. The van der Waals surface area contributed by atoms with Gasteiger partial charge in [-0.15, -0.1) is 0 Å². The third-order valence-corrected chi connectivity index (χ3v) is 3.86. The van der Waals surface area contributed by atoms with E-state index in [-0.39, 0.29) is 18.0 Å². The Kier molecular flexibility index (Phi) is 6.56. The molecule has 0 radical (unpaired) electrons. The second-order valence-corrected chi connectivity index (χ2v) is 6.43. The maximum atomic E-state index is 11.8. The minimum Gasteiger partial charge on any atom is -0.351 e. The van der Waals surface area contributed by atoms with Crippen molar-refractivity contribution in [1.82, 2.24) is 5.32 Å². The van der Waals surface area contributed by atoms with Gasteiger partial charge in [0.05, 0.1) is 0 Å². The summed E-state index contributed by atoms with van der Waals surface area (Å²) in [5, 5.41) is 4.11. The molecular formula is C17H28N3O2+. The highest BCUT2D eigenvalue weighted by Crippen LogP contribution is 2.21. The van der Waals surface area contributed by atoms with Gasteiger partial charge in [0.1, 0.15) is 6.04 Å². The lowest BCUT2D eigenvalue weighted by Crippen LogP contribution is -2.93. The standard InChI is InChI=1S/C17H27N3O2/c1-10(2)13-6-8-14(9-7-13)15(11(3)4)19-12(5)16(21)20-17(18)22/h6-12,15,19H,1-5H3,(H3,18,20,21,22)/p+1/t12-,15-/m0/s1. The van der Waals surface area contributed by atoms with Crippen LogP contribution in [-0.2, 0) is 4.79 Å². The molecule has 0 aliphatic heterocycles. The molecule has 0 saturated carbocycles. The van der Waals surface area contributed by atoms with Gasteiger partial charge in [-0.1, -0.05) is 52.0 Å². The average molecular weight is 306 g/mol. The highest BCUT2D eigenvalue weighted by molar-refractivity contribution is 5.95. The van der Waals surface area contributed by atoms with Gasteiger partial charge in [0, 0.05) is 11.5 Å². The Morgan fingerprint density at radius 1 is 1.00 bits per heavy atom. The number of hydrogen-bond acceptors (Lipinski definition) is 2. The van der Waals surface area contributed by atoms with Crippen molar-refractivity contribution in [2.75, 3.05) is 0 Å². The van der Waals surface area contributed by atoms with Crippen LogP contribution in [0, 0.1) is 5.92 Å². The first kappa shape index (κ1) is 18.2. The molecule has 1 aromatic carbocycles. The number of primary amides is 1. The fraction of sp³-hybridized carbons (Fsp3) is 0.529. The molecule has 5 nitrogen and oxygen atoms in total. The topological polar surface area (TPSA) is 88.8 Å². The van der Waals surface area contributed by atoms with Gasteiger partial charge in [0.25, 0.3) is 5.91 Å². The summed E-state index contributed by atoms with van der Waals surface area (Å²) in [4.78, 5) is 22.6. The summed E-state index contributed by atoms with van der Waals surface area (Å²) in [6.45, 7) is 10.3. The van der Waals surface area contributed by atoms with E-state index in [1.165, 1.54) is 11.1 Å². The molecule has 0 bridgehead atoms. The summed E-state index contributed by atoms with van der Waals surface area (Å²) < 4.78 is 0. The quantitative estimate of drug-likeness (QED) is 0.746. The van der Waals surface area contributed by atoms with Gasteiger partial charge in [0.15, 0.2) is 6.04 Å². The van der Waals surface area contributed by atoms with Crippen LogP contribution in [0.3, 0.4) is 0 Å². The van der Waals surface area contributed by atoms with Crippen molar-refractivity contribution in [3.05, 3.63) is 35.4 Å². The zero-order valence-corrected chi connectivity index (χ0v) is 14.1. The zero-order valence-electron chi connectivity index (χ0n) is 14.1. The second-order valence-electron chi connectivity index (χ2n) is 6.43. The van der Waals surface area contributed by atoms with Crippen LogP contribution in [0.1, 0.15) is 57.7 Å². The molecule has 122 valence electrons. The highest BCUT2D eigenvalue weighted by atomic mass is 16.2. The number of nitrogens with two attached hydrogens (primary N) is 2. The first-order valence-electron chi connectivity index (χ1n) is 7.77. The Balaban J connectivity index is 2.85. The molecule has 0 heterocycles. The molecule has 22 heavy (non-hydrogen) atoms. The van der Waals surface area contributed by atoms with E-state index in [1.54, 1.807) is 6.92 Å². The maximum Gasteiger partial charge on any atom is 0.319 e. The van der Waals surface area contributed by atoms with Gasteiger partial charge in [-0.25, -0.2) is 4.79 Å². The summed E-state index contributed by atoms with van der Waals surface area (Å²) in [5.41, 5.74) is 7.47. The van der Waals surface area contributed by atoms with Crippen molar-refractivity contribution in [3.63, 3.8) is 0 Å². The lowest BCUT2D eigenvalue weighted by molar-refractivity contribution is -0.719. The maximum absolute atomic E-state index is 11.8. The number of imide groups is 1. The molecular weight excluding hydrogens is 278 g/mol. The molecule has 0 spiro atoms. The lowest BCUT2D eigenvalue weighted by atomic mass is 9.93. The number of carbonyl (C=O) groups is 2. The normalized spacial score (nSPS) is 14.0. The number of hydrogen-bond donors (Lipinski definition) is 3. The molecule has 0 aliphatic carbocycles. The zero-order chi connectivity index (χ0) is 16.9. The lowest BCUT2D eigenvalue weighted by Gasteiger charge is -2.23. The molecule has 0 saturated heterocycles. The monoisotopic (exact) mass is 306 g/mol. The Labute approximate surface area is 132 Å². The molecule has 0 aromatic heterocycles. The van der Waals surface area contributed by atoms with Crippen molar-refractivity contribution in [2.24, 2.45) is 11.7 Å². The molecule has 0 unspecified atom stereocenters. The SMILES string of the molecule is CC(C)c1ccc([C@@H]([NH2+][C@@H](C)C(=O)NC(N)=O)C(C)C)cc1. The highest BCUT2D eigenvalue weighted by Gasteiger charge is 2.26. The van der Waals surface area contributed by atoms with Gasteiger partial charge in [-0.3, -0.25) is 10.1 Å². The van der Waals surface area contributed by atoms with Crippen LogP contribution in [0.4, 0.5) is 4.79 Å². The summed E-state index contributed by atoms with van der Waals surface area (Å²) in [6.07, 6.45) is 0. The predicted octanol–water partition coefficient (Wildman–Crippen LogP) is 1.65. The van der Waals surface area contributed by atoms with Crippen LogP contribution in [0.5, 0.6) is 0 Å². The number of benzene rings is 1. The van der Waals surface area contributed by atoms with Gasteiger partial charge >= 0.3 is 6.03 Å². The third-order valence-electron chi connectivity index (χ3n) is 3.86. The summed E-state index contributed by atoms with van der Waals surface area (Å²) in [5.74, 6) is 0.487. The van der Waals surface area contributed by atoms with E-state index >= 15 is 0 Å². The molecule has 5 heteroatoms. The molecule has 3 amide bonds. The van der Waals surface area contributed by atoms with Gasteiger partial charge in [-0.05, 0) is 18.4 Å². The van der Waals surface area contributed by atoms with Gasteiger partial charge in [0.2, 0.25) is 0 Å². The average Bonchev–Trinajstić information content (AvgIpc) is 2.43. The number of carbonyl (C=O) groups excluding carboxylic acids is 2. The van der Waals surface area contributed by atoms with E-state index in [2.05, 4.69) is 57.3 Å². The Morgan fingerprint density at radius 3 is 1.91 bits per heavy atom. The van der Waals surface area contributed by atoms with Crippen molar-refractivity contribution in [1.29, 1.82) is 0 Å². The van der Waals surface area contributed by atoms with Crippen molar-refractivity contribution >= 4 is 11.9 Å². The van der Waals surface area contributed by atoms with Crippen molar-refractivity contribution < 1.29 is 14.9 Å². The minimum absolute atomic E-state index is 0.148. The van der Waals surface area contributed by atoms with Gasteiger partial charge in [-0.2, -0.15) is 0 Å². The number of quaternary nitrogens is 1. The van der Waals surface area contributed by atoms with E-state index in [9.17, 15) is 9.59 Å². The Hall–Kier alpha value is -1.88. The summed E-state index contributed by atoms with van der Waals surface area (Å²) >= 11 is 0. The fourth-order valence-electron chi connectivity index (χ4n) is 2.46. The van der Waals surface area contributed by atoms with Gasteiger partial charge < -0.3 is 11.1 Å². The van der Waals surface area contributed by atoms with Crippen molar-refractivity contribution in [2.45, 2.75) is 52.6 Å². The Morgan fingerprint density at radius 2 is 1.50 bits per heavy atom. The second kappa shape index (κ2) is 7.94. The molecule has 5 N–H and O–H groups in total. The summed E-state index contributed by atoms with van der Waals surface area (Å²) in [7, 11) is 0. The van der Waals surface area contributed by atoms with E-state index < -0.39 is 6.03 Å². The first-order valence-corrected chi connectivity index (χ1v) is 7.77. The van der Waals surface area contributed by atoms with Crippen LogP contribution in [-0.4, -0.2) is 18.0 Å². The smallest absolute Gasteiger partial charge is 0.319 e. The molecule has 0 fully saturated rings. The minimum atomic E-state index is -0.812. The number of amides is 3. The Bertz CT molecular complexity index is 509. The largest absolute Gasteiger partial charge is 0.351 e. The van der Waals surface area contributed by atoms with Crippen molar-refractivity contribution in [3.8, 4) is 0 Å². The number of rotatable bonds is 6. The first-order chi connectivity index (χ1) is 10.2. The van der Waals surface area contributed by atoms with E-state index in [4.69, 9.17) is 5.73 Å². The van der Waals surface area contributed by atoms with Crippen LogP contribution in [0.2, 0.25) is 0 Å². The molecule has 1 rings (SSSR count). The van der Waals surface area contributed by atoms with E-state index in [0.29, 0.717) is 11.8 Å². The molecule has 0 aliphatic rings. The third kappa shape index (κ3) is 5.15.